The van der Waals surface area contributed by atoms with Gasteiger partial charge in [0, 0.05) is 0 Å². The van der Waals surface area contributed by atoms with Gasteiger partial charge in [-0.05, 0) is 12.1 Å². The molecule has 8 heteroatoms. The number of nitrogens with zero attached hydrogens (tertiary/aromatic N) is 2. The standard InChI is InChI=1S/C13H10N2O4S2/c1-2-21(17,18)13-15-14-12(20-13)9-7-19-10-6-4-3-5-8(10)11(9)16/h3-7H,2H2,1H3. The van der Waals surface area contributed by atoms with Gasteiger partial charge in [0.25, 0.3) is 0 Å². The van der Waals surface area contributed by atoms with Crippen LogP contribution in [0.2, 0.25) is 0 Å². The van der Waals surface area contributed by atoms with Crippen molar-refractivity contribution < 1.29 is 12.8 Å². The lowest BCUT2D eigenvalue weighted by Crippen LogP contribution is -2.04. The normalized spacial score (nSPS) is 11.9. The van der Waals surface area contributed by atoms with Gasteiger partial charge in [-0.15, -0.1) is 10.2 Å². The Balaban J connectivity index is 2.18. The van der Waals surface area contributed by atoms with Crippen LogP contribution in [0.5, 0.6) is 0 Å². The molecule has 2 aromatic heterocycles. The topological polar surface area (TPSA) is 90.1 Å². The van der Waals surface area contributed by atoms with E-state index in [1.54, 1.807) is 24.3 Å². The van der Waals surface area contributed by atoms with Gasteiger partial charge in [0.2, 0.25) is 19.6 Å². The molecule has 0 atom stereocenters. The quantitative estimate of drug-likeness (QED) is 0.733. The fourth-order valence-corrected chi connectivity index (χ4v) is 3.88. The summed E-state index contributed by atoms with van der Waals surface area (Å²) < 4.78 is 28.8. The van der Waals surface area contributed by atoms with Crippen molar-refractivity contribution in [1.82, 2.24) is 10.2 Å². The molecule has 0 fully saturated rings. The van der Waals surface area contributed by atoms with Crippen molar-refractivity contribution in [2.45, 2.75) is 11.3 Å². The first-order chi connectivity index (χ1) is 10.0. The van der Waals surface area contributed by atoms with E-state index in [0.29, 0.717) is 11.0 Å². The Labute approximate surface area is 124 Å². The Kier molecular flexibility index (Phi) is 3.34. The SMILES string of the molecule is CCS(=O)(=O)c1nnc(-c2coc3ccccc3c2=O)s1. The summed E-state index contributed by atoms with van der Waals surface area (Å²) >= 11 is 0.870. The second kappa shape index (κ2) is 5.05. The molecule has 3 aromatic rings. The molecule has 0 unspecified atom stereocenters. The van der Waals surface area contributed by atoms with Crippen LogP contribution in [0.4, 0.5) is 0 Å². The van der Waals surface area contributed by atoms with Crippen molar-refractivity contribution in [1.29, 1.82) is 0 Å². The summed E-state index contributed by atoms with van der Waals surface area (Å²) in [6.07, 6.45) is 1.29. The Morgan fingerprint density at radius 1 is 1.24 bits per heavy atom. The first-order valence-electron chi connectivity index (χ1n) is 6.10. The van der Waals surface area contributed by atoms with Crippen LogP contribution in [0.25, 0.3) is 21.5 Å². The Bertz CT molecular complexity index is 973. The van der Waals surface area contributed by atoms with Crippen LogP contribution in [0, 0.1) is 0 Å². The van der Waals surface area contributed by atoms with Crippen LogP contribution < -0.4 is 5.43 Å². The lowest BCUT2D eigenvalue weighted by Gasteiger charge is -1.98. The maximum absolute atomic E-state index is 12.4. The van der Waals surface area contributed by atoms with E-state index in [0.717, 1.165) is 11.3 Å². The van der Waals surface area contributed by atoms with E-state index in [1.165, 1.54) is 13.2 Å². The van der Waals surface area contributed by atoms with E-state index in [1.807, 2.05) is 0 Å². The molecule has 0 spiro atoms. The summed E-state index contributed by atoms with van der Waals surface area (Å²) in [6.45, 7) is 1.53. The minimum Gasteiger partial charge on any atom is -0.463 e. The zero-order chi connectivity index (χ0) is 15.0. The zero-order valence-electron chi connectivity index (χ0n) is 10.9. The van der Waals surface area contributed by atoms with Gasteiger partial charge in [-0.3, -0.25) is 4.79 Å². The minimum atomic E-state index is -3.43. The maximum atomic E-state index is 12.4. The van der Waals surface area contributed by atoms with Gasteiger partial charge in [0.15, 0.2) is 5.01 Å². The van der Waals surface area contributed by atoms with E-state index in [9.17, 15) is 13.2 Å². The molecule has 0 aliphatic rings. The van der Waals surface area contributed by atoms with Crippen LogP contribution in [-0.2, 0) is 9.84 Å². The monoisotopic (exact) mass is 322 g/mol. The number of hydrogen-bond donors (Lipinski definition) is 0. The molecule has 0 aliphatic carbocycles. The molecule has 6 nitrogen and oxygen atoms in total. The highest BCUT2D eigenvalue weighted by Crippen LogP contribution is 2.25. The van der Waals surface area contributed by atoms with E-state index in [4.69, 9.17) is 4.42 Å². The second-order valence-electron chi connectivity index (χ2n) is 4.25. The van der Waals surface area contributed by atoms with Crippen LogP contribution in [0.3, 0.4) is 0 Å². The molecule has 2 heterocycles. The molecule has 0 radical (unpaired) electrons. The second-order valence-corrected chi connectivity index (χ2v) is 7.68. The van der Waals surface area contributed by atoms with Crippen LogP contribution in [-0.4, -0.2) is 24.4 Å². The Morgan fingerprint density at radius 3 is 2.76 bits per heavy atom. The highest BCUT2D eigenvalue weighted by Gasteiger charge is 2.20. The molecular weight excluding hydrogens is 312 g/mol. The molecule has 0 saturated heterocycles. The van der Waals surface area contributed by atoms with E-state index in [2.05, 4.69) is 10.2 Å². The van der Waals surface area contributed by atoms with Crippen molar-refractivity contribution in [3.05, 3.63) is 40.8 Å². The number of hydrogen-bond acceptors (Lipinski definition) is 7. The van der Waals surface area contributed by atoms with Crippen molar-refractivity contribution in [3.8, 4) is 10.6 Å². The molecule has 108 valence electrons. The number of fused-ring (bicyclic) bond motifs is 1. The third-order valence-corrected chi connectivity index (χ3v) is 6.10. The first kappa shape index (κ1) is 13.9. The fourth-order valence-electron chi connectivity index (χ4n) is 1.79. The van der Waals surface area contributed by atoms with Crippen LogP contribution >= 0.6 is 11.3 Å². The zero-order valence-corrected chi connectivity index (χ0v) is 12.6. The van der Waals surface area contributed by atoms with Crippen molar-refractivity contribution in [2.75, 3.05) is 5.75 Å². The molecule has 0 N–H and O–H groups in total. The van der Waals surface area contributed by atoms with Crippen molar-refractivity contribution >= 4 is 32.1 Å². The number of para-hydroxylation sites is 1. The molecule has 0 saturated carbocycles. The summed E-state index contributed by atoms with van der Waals surface area (Å²) in [7, 11) is -3.43. The Hall–Kier alpha value is -2.06. The smallest absolute Gasteiger partial charge is 0.232 e. The van der Waals surface area contributed by atoms with Gasteiger partial charge < -0.3 is 4.42 Å². The van der Waals surface area contributed by atoms with E-state index < -0.39 is 9.84 Å². The average molecular weight is 322 g/mol. The number of aromatic nitrogens is 2. The van der Waals surface area contributed by atoms with Crippen LogP contribution in [0.1, 0.15) is 6.92 Å². The third kappa shape index (κ3) is 2.36. The lowest BCUT2D eigenvalue weighted by atomic mass is 10.2. The highest BCUT2D eigenvalue weighted by molar-refractivity contribution is 7.93. The molecular formula is C13H10N2O4S2. The predicted octanol–water partition coefficient (Wildman–Crippen LogP) is 2.11. The van der Waals surface area contributed by atoms with Gasteiger partial charge in [-0.1, -0.05) is 30.4 Å². The van der Waals surface area contributed by atoms with Gasteiger partial charge in [0.05, 0.1) is 16.7 Å². The summed E-state index contributed by atoms with van der Waals surface area (Å²) in [5.41, 5.74) is 0.425. The van der Waals surface area contributed by atoms with Crippen molar-refractivity contribution in [3.63, 3.8) is 0 Å². The highest BCUT2D eigenvalue weighted by atomic mass is 32.2. The lowest BCUT2D eigenvalue weighted by molar-refractivity contribution is 0.595. The van der Waals surface area contributed by atoms with Gasteiger partial charge in [0.1, 0.15) is 11.8 Å². The molecule has 0 aliphatic heterocycles. The van der Waals surface area contributed by atoms with E-state index in [-0.39, 0.29) is 26.1 Å². The summed E-state index contributed by atoms with van der Waals surface area (Å²) in [5, 5.41) is 8.11. The average Bonchev–Trinajstić information content (AvgIpc) is 2.98. The Morgan fingerprint density at radius 2 is 2.00 bits per heavy atom. The molecule has 21 heavy (non-hydrogen) atoms. The predicted molar refractivity (Wildman–Crippen MR) is 79.1 cm³/mol. The molecule has 0 amide bonds. The maximum Gasteiger partial charge on any atom is 0.232 e. The summed E-state index contributed by atoms with van der Waals surface area (Å²) in [6, 6.07) is 6.83. The van der Waals surface area contributed by atoms with Crippen LogP contribution in [0.15, 0.2) is 44.1 Å². The first-order valence-corrected chi connectivity index (χ1v) is 8.57. The van der Waals surface area contributed by atoms with Gasteiger partial charge in [-0.2, -0.15) is 0 Å². The van der Waals surface area contributed by atoms with Crippen molar-refractivity contribution in [2.24, 2.45) is 0 Å². The third-order valence-electron chi connectivity index (χ3n) is 2.96. The summed E-state index contributed by atoms with van der Waals surface area (Å²) in [5.74, 6) is -0.0615. The molecule has 1 aromatic carbocycles. The summed E-state index contributed by atoms with van der Waals surface area (Å²) in [4.78, 5) is 12.4. The number of benzene rings is 1. The molecule has 0 bridgehead atoms. The molecule has 3 rings (SSSR count). The number of rotatable bonds is 3. The minimum absolute atomic E-state index is 0.0615. The largest absolute Gasteiger partial charge is 0.463 e. The van der Waals surface area contributed by atoms with E-state index >= 15 is 0 Å². The van der Waals surface area contributed by atoms with Gasteiger partial charge in [-0.25, -0.2) is 8.42 Å². The number of sulfone groups is 1. The fraction of sp³-hybridized carbons (Fsp3) is 0.154. The van der Waals surface area contributed by atoms with Gasteiger partial charge >= 0.3 is 0 Å².